The highest BCUT2D eigenvalue weighted by Crippen LogP contribution is 2.55. The molecule has 0 radical (unpaired) electrons. The van der Waals surface area contributed by atoms with Crippen LogP contribution in [-0.4, -0.2) is 6.71 Å². The number of rotatable bonds is 2. The summed E-state index contributed by atoms with van der Waals surface area (Å²) in [7, 11) is 0. The van der Waals surface area contributed by atoms with E-state index in [4.69, 9.17) is 4.11 Å². The first-order valence-electron chi connectivity index (χ1n) is 23.8. The minimum Gasteiger partial charge on any atom is -0.311 e. The van der Waals surface area contributed by atoms with Crippen LogP contribution in [0, 0.1) is 20.7 Å². The van der Waals surface area contributed by atoms with Crippen molar-refractivity contribution in [3.8, 4) is 0 Å². The summed E-state index contributed by atoms with van der Waals surface area (Å²) < 4.78 is 27.2. The van der Waals surface area contributed by atoms with Gasteiger partial charge in [0.2, 0.25) is 0 Å². The molecule has 0 fully saturated rings. The number of anilines is 6. The molecule has 0 spiro atoms. The summed E-state index contributed by atoms with van der Waals surface area (Å²) in [5, 5.41) is 0. The maximum Gasteiger partial charge on any atom is 0.252 e. The maximum atomic E-state index is 9.07. The summed E-state index contributed by atoms with van der Waals surface area (Å²) >= 11 is 0. The van der Waals surface area contributed by atoms with E-state index >= 15 is 0 Å². The zero-order valence-electron chi connectivity index (χ0n) is 42.0. The number of nitrogens with zero attached hydrogens (tertiary/aromatic N) is 2. The Morgan fingerprint density at radius 3 is 1.54 bits per heavy atom. The first-order valence-corrected chi connectivity index (χ1v) is 22.3. The largest absolute Gasteiger partial charge is 0.311 e. The van der Waals surface area contributed by atoms with Gasteiger partial charge in [-0.25, -0.2) is 0 Å². The minimum atomic E-state index is -2.34. The highest BCUT2D eigenvalue weighted by atomic mass is 15.2. The molecule has 3 heteroatoms. The van der Waals surface area contributed by atoms with Gasteiger partial charge in [-0.05, 0) is 175 Å². The molecule has 2 heterocycles. The number of aryl methyl sites for hydroxylation is 3. The zero-order chi connectivity index (χ0) is 45.2. The van der Waals surface area contributed by atoms with E-state index in [9.17, 15) is 0 Å². The molecular weight excluding hydrogens is 711 g/mol. The van der Waals surface area contributed by atoms with E-state index in [1.807, 2.05) is 12.1 Å². The van der Waals surface area contributed by atoms with Gasteiger partial charge in [0.25, 0.3) is 6.71 Å². The molecular formula is C56H69BN2. The van der Waals surface area contributed by atoms with Gasteiger partial charge < -0.3 is 9.80 Å². The molecule has 2 aliphatic heterocycles. The monoisotopic (exact) mass is 784 g/mol. The van der Waals surface area contributed by atoms with Gasteiger partial charge in [0.15, 0.2) is 0 Å². The van der Waals surface area contributed by atoms with Crippen molar-refractivity contribution in [2.45, 2.75) is 169 Å². The average molecular weight is 784 g/mol. The fourth-order valence-electron chi connectivity index (χ4n) is 11.8. The number of hydrogen-bond donors (Lipinski definition) is 0. The fraction of sp³-hybridized carbons (Fsp3) is 0.464. The van der Waals surface area contributed by atoms with Crippen molar-refractivity contribution in [3.05, 3.63) is 123 Å². The lowest BCUT2D eigenvalue weighted by Crippen LogP contribution is -2.62. The summed E-state index contributed by atoms with van der Waals surface area (Å²) in [4.78, 5) is 4.92. The predicted octanol–water partition coefficient (Wildman–Crippen LogP) is 13.6. The molecule has 59 heavy (non-hydrogen) atoms. The normalized spacial score (nSPS) is 20.1. The van der Waals surface area contributed by atoms with Crippen molar-refractivity contribution in [3.63, 3.8) is 0 Å². The van der Waals surface area contributed by atoms with E-state index in [0.717, 1.165) is 47.7 Å². The van der Waals surface area contributed by atoms with Crippen LogP contribution >= 0.6 is 0 Å². The summed E-state index contributed by atoms with van der Waals surface area (Å²) in [5.74, 6) is 0. The summed E-state index contributed by atoms with van der Waals surface area (Å²) in [6.07, 6.45) is 3.32. The summed E-state index contributed by atoms with van der Waals surface area (Å²) in [6.45, 7) is 35.0. The lowest BCUT2D eigenvalue weighted by Gasteiger charge is -2.48. The number of benzene rings is 5. The Morgan fingerprint density at radius 2 is 0.966 bits per heavy atom. The van der Waals surface area contributed by atoms with Crippen LogP contribution in [0.15, 0.2) is 72.8 Å². The second-order valence-corrected chi connectivity index (χ2v) is 23.7. The predicted molar refractivity (Wildman–Crippen MR) is 258 cm³/mol. The van der Waals surface area contributed by atoms with Gasteiger partial charge >= 0.3 is 0 Å². The van der Waals surface area contributed by atoms with Crippen LogP contribution in [-0.2, 0) is 32.5 Å². The molecule has 0 amide bonds. The zero-order valence-corrected chi connectivity index (χ0v) is 39.0. The lowest BCUT2D eigenvalue weighted by molar-refractivity contribution is 0.332. The summed E-state index contributed by atoms with van der Waals surface area (Å²) in [6, 6.07) is 28.1. The van der Waals surface area contributed by atoms with Crippen molar-refractivity contribution in [2.75, 3.05) is 9.80 Å². The molecule has 9 rings (SSSR count). The van der Waals surface area contributed by atoms with Crippen LogP contribution in [0.1, 0.15) is 170 Å². The van der Waals surface area contributed by atoms with Crippen LogP contribution in [0.25, 0.3) is 0 Å². The third kappa shape index (κ3) is 6.01. The number of fused-ring (bicyclic) bond motifs is 6. The van der Waals surface area contributed by atoms with E-state index in [2.05, 4.69) is 181 Å². The van der Waals surface area contributed by atoms with Gasteiger partial charge in [0.1, 0.15) is 0 Å². The molecule has 5 aromatic rings. The molecule has 0 bridgehead atoms. The quantitative estimate of drug-likeness (QED) is 0.161. The van der Waals surface area contributed by atoms with E-state index in [1.165, 1.54) is 66.6 Å². The Labute approximate surface area is 362 Å². The van der Waals surface area contributed by atoms with Crippen LogP contribution in [0.3, 0.4) is 0 Å². The van der Waals surface area contributed by atoms with Crippen molar-refractivity contribution >= 4 is 57.2 Å². The standard InChI is InChI=1S/C56H69BN2/c1-33-24-48-50-49(25-33)59(45-30-41-38(27-35(45)3)55(14,15)32-56(41,16)17)47-31-40-39(53(10,11)22-23-54(40,12)13)29-43(47)57(50)42-20-18-37(52(7,8)9)28-46(42)58(48)44-21-19-36(26-34(44)2)51(4,5)6/h18-21,24-31H,22-23,32H2,1-17H3/i1D3. The molecule has 5 aromatic carbocycles. The Bertz CT molecular complexity index is 2720. The molecule has 2 nitrogen and oxygen atoms in total. The second-order valence-electron chi connectivity index (χ2n) is 23.7. The molecule has 0 saturated heterocycles. The topological polar surface area (TPSA) is 6.48 Å². The highest BCUT2D eigenvalue weighted by Gasteiger charge is 2.48. The summed E-state index contributed by atoms with van der Waals surface area (Å²) in [5.41, 5.74) is 21.0. The van der Waals surface area contributed by atoms with Gasteiger partial charge in [-0.1, -0.05) is 133 Å². The minimum absolute atomic E-state index is 0.00354. The van der Waals surface area contributed by atoms with Gasteiger partial charge in [-0.2, -0.15) is 0 Å². The SMILES string of the molecule is [2H]C([2H])([2H])c1cc2c3c(c1)N(c1cc4c(cc1C)C(C)(C)CC4(C)C)c1cc4c(cc1B3c1ccc(C(C)(C)C)cc1N2c1ccc(C(C)(C)C)cc1C)C(C)(C)CCC4(C)C. The molecule has 0 N–H and O–H groups in total. The van der Waals surface area contributed by atoms with E-state index < -0.39 is 6.85 Å². The molecule has 0 unspecified atom stereocenters. The molecule has 0 saturated carbocycles. The Hall–Kier alpha value is -4.24. The molecule has 4 aliphatic rings. The van der Waals surface area contributed by atoms with Gasteiger partial charge in [-0.15, -0.1) is 0 Å². The van der Waals surface area contributed by atoms with Crippen molar-refractivity contribution in [2.24, 2.45) is 0 Å². The Kier molecular flexibility index (Phi) is 7.71. The Morgan fingerprint density at radius 1 is 0.492 bits per heavy atom. The van der Waals surface area contributed by atoms with E-state index in [0.29, 0.717) is 5.56 Å². The van der Waals surface area contributed by atoms with E-state index in [1.54, 1.807) is 0 Å². The third-order valence-electron chi connectivity index (χ3n) is 15.1. The van der Waals surface area contributed by atoms with Crippen LogP contribution in [0.4, 0.5) is 34.1 Å². The highest BCUT2D eigenvalue weighted by molar-refractivity contribution is 7.00. The Balaban J connectivity index is 1.46. The molecule has 0 atom stereocenters. The first kappa shape index (κ1) is 36.6. The third-order valence-corrected chi connectivity index (χ3v) is 15.1. The van der Waals surface area contributed by atoms with Crippen LogP contribution < -0.4 is 26.2 Å². The first-order chi connectivity index (χ1) is 28.4. The smallest absolute Gasteiger partial charge is 0.252 e. The van der Waals surface area contributed by atoms with Crippen molar-refractivity contribution < 1.29 is 4.11 Å². The van der Waals surface area contributed by atoms with Crippen molar-refractivity contribution in [1.82, 2.24) is 0 Å². The molecule has 0 aromatic heterocycles. The van der Waals surface area contributed by atoms with Crippen LogP contribution in [0.2, 0.25) is 0 Å². The van der Waals surface area contributed by atoms with E-state index in [-0.39, 0.29) is 39.2 Å². The fourth-order valence-corrected chi connectivity index (χ4v) is 11.8. The molecule has 306 valence electrons. The molecule has 2 aliphatic carbocycles. The average Bonchev–Trinajstić information content (AvgIpc) is 3.32. The van der Waals surface area contributed by atoms with Gasteiger partial charge in [-0.3, -0.25) is 0 Å². The lowest BCUT2D eigenvalue weighted by atomic mass is 9.33. The second kappa shape index (κ2) is 12.4. The van der Waals surface area contributed by atoms with Gasteiger partial charge in [0.05, 0.1) is 0 Å². The number of hydrogen-bond acceptors (Lipinski definition) is 2. The van der Waals surface area contributed by atoms with Gasteiger partial charge in [0, 0.05) is 38.2 Å². The maximum absolute atomic E-state index is 9.07. The van der Waals surface area contributed by atoms with Crippen molar-refractivity contribution in [1.29, 1.82) is 0 Å². The van der Waals surface area contributed by atoms with Crippen LogP contribution in [0.5, 0.6) is 0 Å².